The Balaban J connectivity index is 1.99. The number of rotatable bonds is 7. The highest BCUT2D eigenvalue weighted by Gasteiger charge is 2.06. The molecule has 0 unspecified atom stereocenters. The van der Waals surface area contributed by atoms with Crippen LogP contribution in [0.25, 0.3) is 0 Å². The van der Waals surface area contributed by atoms with Crippen LogP contribution in [0.3, 0.4) is 0 Å². The minimum Gasteiger partial charge on any atom is -0.493 e. The number of nitrogens with zero attached hydrogens (tertiary/aromatic N) is 1. The Morgan fingerprint density at radius 3 is 2.68 bits per heavy atom. The molecule has 0 spiro atoms. The van der Waals surface area contributed by atoms with Gasteiger partial charge in [-0.2, -0.15) is 5.10 Å². The third-order valence-corrected chi connectivity index (χ3v) is 3.75. The van der Waals surface area contributed by atoms with Crippen LogP contribution in [-0.2, 0) is 11.2 Å². The first-order chi connectivity index (χ1) is 12.0. The van der Waals surface area contributed by atoms with Gasteiger partial charge in [0.1, 0.15) is 0 Å². The third-order valence-electron chi connectivity index (χ3n) is 3.75. The fourth-order valence-corrected chi connectivity index (χ4v) is 2.42. The van der Waals surface area contributed by atoms with E-state index in [2.05, 4.69) is 10.5 Å². The van der Waals surface area contributed by atoms with Gasteiger partial charge in [-0.3, -0.25) is 4.79 Å². The number of nitrogens with one attached hydrogen (secondary N) is 1. The molecule has 0 bridgehead atoms. The molecule has 1 N–H and O–H groups in total. The van der Waals surface area contributed by atoms with Gasteiger partial charge in [-0.1, -0.05) is 23.8 Å². The topological polar surface area (TPSA) is 59.9 Å². The van der Waals surface area contributed by atoms with Crippen molar-refractivity contribution in [1.82, 2.24) is 5.43 Å². The SMILES string of the molecule is CCOc1cc(/C=N/NC(=O)Cc2cc(C)ccc2C)ccc1OC. The van der Waals surface area contributed by atoms with Gasteiger partial charge in [0.15, 0.2) is 11.5 Å². The lowest BCUT2D eigenvalue weighted by Gasteiger charge is -2.09. The highest BCUT2D eigenvalue weighted by molar-refractivity contribution is 5.84. The number of carbonyl (C=O) groups excluding carboxylic acids is 1. The van der Waals surface area contributed by atoms with Crippen molar-refractivity contribution in [1.29, 1.82) is 0 Å². The first kappa shape index (κ1) is 18.5. The summed E-state index contributed by atoms with van der Waals surface area (Å²) >= 11 is 0. The zero-order chi connectivity index (χ0) is 18.2. The van der Waals surface area contributed by atoms with E-state index in [0.717, 1.165) is 22.3 Å². The normalized spacial score (nSPS) is 10.7. The van der Waals surface area contributed by atoms with Crippen LogP contribution in [0.5, 0.6) is 11.5 Å². The maximum absolute atomic E-state index is 12.1. The summed E-state index contributed by atoms with van der Waals surface area (Å²) in [6.07, 6.45) is 1.89. The largest absolute Gasteiger partial charge is 0.493 e. The Kier molecular flexibility index (Phi) is 6.57. The molecule has 1 amide bonds. The van der Waals surface area contributed by atoms with E-state index in [1.165, 1.54) is 0 Å². The van der Waals surface area contributed by atoms with Crippen LogP contribution in [-0.4, -0.2) is 25.8 Å². The minimum absolute atomic E-state index is 0.150. The molecule has 2 rings (SSSR count). The first-order valence-corrected chi connectivity index (χ1v) is 8.22. The molecule has 0 fully saturated rings. The standard InChI is InChI=1S/C20H24N2O3/c1-5-25-19-11-16(8-9-18(19)24-4)13-21-22-20(23)12-17-10-14(2)6-7-15(17)3/h6-11,13H,5,12H2,1-4H3,(H,22,23)/b21-13+. The molecule has 2 aromatic rings. The smallest absolute Gasteiger partial charge is 0.244 e. The molecule has 5 heteroatoms. The number of hydrazone groups is 1. The number of methoxy groups -OCH3 is 1. The zero-order valence-electron chi connectivity index (χ0n) is 15.1. The molecular weight excluding hydrogens is 316 g/mol. The average molecular weight is 340 g/mol. The second kappa shape index (κ2) is 8.87. The third kappa shape index (κ3) is 5.35. The van der Waals surface area contributed by atoms with Gasteiger partial charge < -0.3 is 9.47 Å². The van der Waals surface area contributed by atoms with Crippen LogP contribution < -0.4 is 14.9 Å². The Bertz CT molecular complexity index is 770. The van der Waals surface area contributed by atoms with Crippen LogP contribution in [0.15, 0.2) is 41.5 Å². The predicted molar refractivity (Wildman–Crippen MR) is 99.5 cm³/mol. The summed E-state index contributed by atoms with van der Waals surface area (Å²) < 4.78 is 10.8. The van der Waals surface area contributed by atoms with Gasteiger partial charge in [0.2, 0.25) is 5.91 Å². The van der Waals surface area contributed by atoms with Gasteiger partial charge in [0, 0.05) is 0 Å². The van der Waals surface area contributed by atoms with Crippen LogP contribution in [0, 0.1) is 13.8 Å². The summed E-state index contributed by atoms with van der Waals surface area (Å²) in [5.74, 6) is 1.16. The highest BCUT2D eigenvalue weighted by Crippen LogP contribution is 2.27. The molecule has 0 radical (unpaired) electrons. The van der Waals surface area contributed by atoms with Crippen molar-refractivity contribution in [3.8, 4) is 11.5 Å². The van der Waals surface area contributed by atoms with E-state index in [9.17, 15) is 4.79 Å². The second-order valence-electron chi connectivity index (χ2n) is 5.74. The van der Waals surface area contributed by atoms with Crippen LogP contribution in [0.1, 0.15) is 29.2 Å². The number of ether oxygens (including phenoxy) is 2. The maximum Gasteiger partial charge on any atom is 0.244 e. The first-order valence-electron chi connectivity index (χ1n) is 8.22. The van der Waals surface area contributed by atoms with Crippen molar-refractivity contribution < 1.29 is 14.3 Å². The molecule has 0 atom stereocenters. The van der Waals surface area contributed by atoms with E-state index < -0.39 is 0 Å². The molecule has 0 aromatic heterocycles. The molecular formula is C20H24N2O3. The van der Waals surface area contributed by atoms with E-state index in [4.69, 9.17) is 9.47 Å². The average Bonchev–Trinajstić information content (AvgIpc) is 2.59. The van der Waals surface area contributed by atoms with Crippen molar-refractivity contribution in [2.45, 2.75) is 27.2 Å². The number of amides is 1. The van der Waals surface area contributed by atoms with Crippen molar-refractivity contribution in [2.24, 2.45) is 5.10 Å². The van der Waals surface area contributed by atoms with Crippen molar-refractivity contribution in [2.75, 3.05) is 13.7 Å². The van der Waals surface area contributed by atoms with E-state index in [1.807, 2.05) is 57.2 Å². The van der Waals surface area contributed by atoms with Crippen LogP contribution in [0.2, 0.25) is 0 Å². The lowest BCUT2D eigenvalue weighted by atomic mass is 10.0. The van der Waals surface area contributed by atoms with Crippen LogP contribution >= 0.6 is 0 Å². The molecule has 5 nitrogen and oxygen atoms in total. The Labute approximate surface area is 148 Å². The van der Waals surface area contributed by atoms with Gasteiger partial charge in [-0.15, -0.1) is 0 Å². The number of benzene rings is 2. The monoisotopic (exact) mass is 340 g/mol. The van der Waals surface area contributed by atoms with E-state index in [1.54, 1.807) is 13.3 Å². The number of carbonyl (C=O) groups is 1. The van der Waals surface area contributed by atoms with Gasteiger partial charge in [-0.05, 0) is 55.7 Å². The van der Waals surface area contributed by atoms with E-state index >= 15 is 0 Å². The predicted octanol–water partition coefficient (Wildman–Crippen LogP) is 3.40. The molecule has 0 aliphatic rings. The van der Waals surface area contributed by atoms with Crippen molar-refractivity contribution >= 4 is 12.1 Å². The van der Waals surface area contributed by atoms with Gasteiger partial charge in [-0.25, -0.2) is 5.43 Å². The van der Waals surface area contributed by atoms with E-state index in [0.29, 0.717) is 24.5 Å². The molecule has 0 aliphatic carbocycles. The lowest BCUT2D eigenvalue weighted by molar-refractivity contribution is -0.120. The summed E-state index contributed by atoms with van der Waals surface area (Å²) in [5, 5.41) is 4.03. The molecule has 0 saturated heterocycles. The lowest BCUT2D eigenvalue weighted by Crippen LogP contribution is -2.20. The molecule has 0 heterocycles. The van der Waals surface area contributed by atoms with Crippen molar-refractivity contribution in [3.05, 3.63) is 58.7 Å². The van der Waals surface area contributed by atoms with Crippen LogP contribution in [0.4, 0.5) is 0 Å². The number of hydrogen-bond donors (Lipinski definition) is 1. The molecule has 132 valence electrons. The summed E-state index contributed by atoms with van der Waals surface area (Å²) in [5.41, 5.74) is 6.63. The maximum atomic E-state index is 12.1. The fourth-order valence-electron chi connectivity index (χ4n) is 2.42. The van der Waals surface area contributed by atoms with Gasteiger partial charge in [0.05, 0.1) is 26.4 Å². The molecule has 0 aliphatic heterocycles. The minimum atomic E-state index is -0.150. The van der Waals surface area contributed by atoms with Gasteiger partial charge in [0.25, 0.3) is 0 Å². The Morgan fingerprint density at radius 2 is 1.96 bits per heavy atom. The summed E-state index contributed by atoms with van der Waals surface area (Å²) in [4.78, 5) is 12.1. The summed E-state index contributed by atoms with van der Waals surface area (Å²) in [6, 6.07) is 11.6. The molecule has 0 saturated carbocycles. The summed E-state index contributed by atoms with van der Waals surface area (Å²) in [7, 11) is 1.60. The zero-order valence-corrected chi connectivity index (χ0v) is 15.1. The fraction of sp³-hybridized carbons (Fsp3) is 0.300. The quantitative estimate of drug-likeness (QED) is 0.621. The molecule has 2 aromatic carbocycles. The summed E-state index contributed by atoms with van der Waals surface area (Å²) in [6.45, 7) is 6.47. The Morgan fingerprint density at radius 1 is 1.16 bits per heavy atom. The molecule has 25 heavy (non-hydrogen) atoms. The van der Waals surface area contributed by atoms with E-state index in [-0.39, 0.29) is 5.91 Å². The number of hydrogen-bond acceptors (Lipinski definition) is 4. The highest BCUT2D eigenvalue weighted by atomic mass is 16.5. The second-order valence-corrected chi connectivity index (χ2v) is 5.74. The van der Waals surface area contributed by atoms with Crippen molar-refractivity contribution in [3.63, 3.8) is 0 Å². The Hall–Kier alpha value is -2.82. The number of aryl methyl sites for hydroxylation is 2. The van der Waals surface area contributed by atoms with Gasteiger partial charge >= 0.3 is 0 Å².